The average molecular weight is 662 g/mol. The molecular formula is C34H39N5O9. The lowest BCUT2D eigenvalue weighted by Crippen LogP contribution is -2.61. The number of fused-ring (bicyclic) bond motifs is 2. The van der Waals surface area contributed by atoms with E-state index in [1.165, 1.54) is 6.07 Å². The molecule has 0 radical (unpaired) electrons. The number of ether oxygens (including phenoxy) is 3. The lowest BCUT2D eigenvalue weighted by molar-refractivity contribution is -0.270. The average Bonchev–Trinajstić information content (AvgIpc) is 3.11. The number of carboxylic acid groups (broad SMARTS) is 1. The van der Waals surface area contributed by atoms with E-state index in [0.29, 0.717) is 22.7 Å². The van der Waals surface area contributed by atoms with Crippen LogP contribution in [0.3, 0.4) is 0 Å². The van der Waals surface area contributed by atoms with Crippen molar-refractivity contribution < 1.29 is 39.4 Å². The molecule has 0 saturated carbocycles. The van der Waals surface area contributed by atoms with Crippen molar-refractivity contribution in [2.24, 2.45) is 0 Å². The van der Waals surface area contributed by atoms with Crippen molar-refractivity contribution in [1.82, 2.24) is 14.9 Å². The summed E-state index contributed by atoms with van der Waals surface area (Å²) in [5.74, 6) is -0.414. The van der Waals surface area contributed by atoms with Crippen LogP contribution < -0.4 is 24.8 Å². The Bertz CT molecular complexity index is 1850. The maximum absolute atomic E-state index is 12.1. The number of nitrogens with one attached hydrogen (secondary N) is 1. The molecule has 5 atom stereocenters. The number of piperazine rings is 1. The van der Waals surface area contributed by atoms with Crippen molar-refractivity contribution in [3.8, 4) is 11.5 Å². The summed E-state index contributed by atoms with van der Waals surface area (Å²) in [6.07, 6.45) is -4.86. The standard InChI is InChI=1S/C34H39N5O9/c1-46-21-17-19-4-7-26(40)36-27(19)24(18-21)39-15-13-37(14-16-39)20-8-11-38(12-9-20)23-5-6-25(22-3-2-10-35-28(22)23)47-34-31(43)29(41)30(42)32(48-34)33(44)45/h2-7,10,17-18,20,29-32,34,41-43H,8-9,11-16H2,1H3,(H,36,40)(H,44,45). The highest BCUT2D eigenvalue weighted by atomic mass is 16.7. The molecule has 0 bridgehead atoms. The SMILES string of the molecule is COc1cc(N2CCN(C3CCN(c4ccc(OC5OC(C(=O)O)C(O)C(O)C5O)c5cccnc45)CC3)CC2)c2[nH]c(=O)ccc2c1. The maximum Gasteiger partial charge on any atom is 0.335 e. The molecule has 2 aromatic carbocycles. The molecule has 14 nitrogen and oxygen atoms in total. The number of anilines is 2. The van der Waals surface area contributed by atoms with E-state index in [4.69, 9.17) is 14.2 Å². The Labute approximate surface area is 275 Å². The van der Waals surface area contributed by atoms with E-state index < -0.39 is 36.7 Å². The van der Waals surface area contributed by atoms with E-state index in [-0.39, 0.29) is 5.56 Å². The molecule has 5 unspecified atom stereocenters. The zero-order chi connectivity index (χ0) is 33.5. The van der Waals surface area contributed by atoms with Crippen LogP contribution in [0.15, 0.2) is 59.5 Å². The van der Waals surface area contributed by atoms with Crippen LogP contribution in [-0.4, -0.2) is 124 Å². The molecule has 3 aliphatic rings. The highest BCUT2D eigenvalue weighted by Crippen LogP contribution is 2.36. The number of carboxylic acids is 1. The van der Waals surface area contributed by atoms with Crippen molar-refractivity contribution in [3.63, 3.8) is 0 Å². The van der Waals surface area contributed by atoms with Gasteiger partial charge in [0.2, 0.25) is 11.8 Å². The molecule has 2 aromatic heterocycles. The Balaban J connectivity index is 1.01. The van der Waals surface area contributed by atoms with Gasteiger partial charge in [-0.25, -0.2) is 4.79 Å². The van der Waals surface area contributed by atoms with Crippen molar-refractivity contribution >= 4 is 39.1 Å². The van der Waals surface area contributed by atoms with Gasteiger partial charge in [0.1, 0.15) is 29.8 Å². The Kier molecular flexibility index (Phi) is 8.83. The summed E-state index contributed by atoms with van der Waals surface area (Å²) >= 11 is 0. The number of H-pyrrole nitrogens is 1. The van der Waals surface area contributed by atoms with Crippen molar-refractivity contribution in [2.75, 3.05) is 56.2 Å². The fourth-order valence-electron chi connectivity index (χ4n) is 7.15. The van der Waals surface area contributed by atoms with Gasteiger partial charge < -0.3 is 49.4 Å². The van der Waals surface area contributed by atoms with Crippen molar-refractivity contribution in [2.45, 2.75) is 49.6 Å². The number of aromatic amines is 1. The van der Waals surface area contributed by atoms with Crippen LogP contribution in [-0.2, 0) is 9.53 Å². The molecule has 3 fully saturated rings. The molecule has 3 saturated heterocycles. The lowest BCUT2D eigenvalue weighted by Gasteiger charge is -2.44. The molecule has 0 aliphatic carbocycles. The van der Waals surface area contributed by atoms with E-state index in [1.54, 1.807) is 25.4 Å². The van der Waals surface area contributed by atoms with E-state index >= 15 is 0 Å². The zero-order valence-electron chi connectivity index (χ0n) is 26.4. The first kappa shape index (κ1) is 32.1. The topological polar surface area (TPSA) is 181 Å². The fraction of sp³-hybridized carbons (Fsp3) is 0.441. The third-order valence-corrected chi connectivity index (χ3v) is 9.76. The molecule has 0 amide bonds. The summed E-state index contributed by atoms with van der Waals surface area (Å²) in [5, 5.41) is 41.7. The Morgan fingerprint density at radius 1 is 0.917 bits per heavy atom. The molecule has 4 aromatic rings. The summed E-state index contributed by atoms with van der Waals surface area (Å²) in [5.41, 5.74) is 3.29. The third-order valence-electron chi connectivity index (χ3n) is 9.76. The van der Waals surface area contributed by atoms with Crippen LogP contribution in [0.25, 0.3) is 21.8 Å². The van der Waals surface area contributed by atoms with Gasteiger partial charge in [-0.2, -0.15) is 0 Å². The second-order valence-corrected chi connectivity index (χ2v) is 12.5. The Morgan fingerprint density at radius 3 is 2.40 bits per heavy atom. The second-order valence-electron chi connectivity index (χ2n) is 12.5. The molecule has 5 heterocycles. The predicted molar refractivity (Wildman–Crippen MR) is 177 cm³/mol. The van der Waals surface area contributed by atoms with E-state index in [0.717, 1.165) is 80.1 Å². The summed E-state index contributed by atoms with van der Waals surface area (Å²) in [6, 6.07) is 14.9. The van der Waals surface area contributed by atoms with Gasteiger partial charge in [0.15, 0.2) is 6.10 Å². The molecule has 14 heteroatoms. The predicted octanol–water partition coefficient (Wildman–Crippen LogP) is 1.15. The number of piperidine rings is 1. The van der Waals surface area contributed by atoms with E-state index in [9.17, 15) is 30.0 Å². The first-order valence-electron chi connectivity index (χ1n) is 16.1. The number of pyridine rings is 2. The summed E-state index contributed by atoms with van der Waals surface area (Å²) in [4.78, 5) is 38.5. The number of aliphatic hydroxyl groups is 3. The monoisotopic (exact) mass is 661 g/mol. The number of hydrogen-bond acceptors (Lipinski definition) is 12. The largest absolute Gasteiger partial charge is 0.497 e. The number of carbonyl (C=O) groups is 1. The van der Waals surface area contributed by atoms with Gasteiger partial charge in [-0.05, 0) is 49.2 Å². The Morgan fingerprint density at radius 2 is 1.67 bits per heavy atom. The number of methoxy groups -OCH3 is 1. The molecule has 48 heavy (non-hydrogen) atoms. The molecule has 254 valence electrons. The van der Waals surface area contributed by atoms with E-state index in [2.05, 4.69) is 24.7 Å². The summed E-state index contributed by atoms with van der Waals surface area (Å²) in [7, 11) is 1.65. The third kappa shape index (κ3) is 6.01. The van der Waals surface area contributed by atoms with E-state index in [1.807, 2.05) is 30.3 Å². The second kappa shape index (κ2) is 13.2. The van der Waals surface area contributed by atoms with Crippen molar-refractivity contribution in [1.29, 1.82) is 0 Å². The number of aromatic nitrogens is 2. The lowest BCUT2D eigenvalue weighted by atomic mass is 9.99. The van der Waals surface area contributed by atoms with Crippen molar-refractivity contribution in [3.05, 3.63) is 65.1 Å². The minimum atomic E-state index is -1.80. The quantitative estimate of drug-likeness (QED) is 0.191. The number of aliphatic carboxylic acids is 1. The summed E-state index contributed by atoms with van der Waals surface area (Å²) < 4.78 is 16.8. The summed E-state index contributed by atoms with van der Waals surface area (Å²) in [6.45, 7) is 5.12. The van der Waals surface area contributed by atoms with Gasteiger partial charge >= 0.3 is 5.97 Å². The number of rotatable bonds is 7. The Hall–Kier alpha value is -4.47. The molecule has 0 spiro atoms. The number of hydrogen-bond donors (Lipinski definition) is 5. The number of benzene rings is 2. The van der Waals surface area contributed by atoms with Crippen LogP contribution in [0.1, 0.15) is 12.8 Å². The van der Waals surface area contributed by atoms with Crippen LogP contribution in [0.5, 0.6) is 11.5 Å². The van der Waals surface area contributed by atoms with Gasteiger partial charge in [0.05, 0.1) is 29.5 Å². The molecule has 5 N–H and O–H groups in total. The minimum Gasteiger partial charge on any atom is -0.497 e. The van der Waals surface area contributed by atoms with Crippen LogP contribution in [0.4, 0.5) is 11.4 Å². The van der Waals surface area contributed by atoms with Crippen LogP contribution >= 0.6 is 0 Å². The van der Waals surface area contributed by atoms with Gasteiger partial charge in [-0.15, -0.1) is 0 Å². The highest BCUT2D eigenvalue weighted by Gasteiger charge is 2.48. The van der Waals surface area contributed by atoms with Gasteiger partial charge in [0, 0.05) is 74.4 Å². The van der Waals surface area contributed by atoms with Crippen LogP contribution in [0, 0.1) is 0 Å². The molecular weight excluding hydrogens is 622 g/mol. The maximum atomic E-state index is 12.1. The van der Waals surface area contributed by atoms with Gasteiger partial charge in [-0.1, -0.05) is 0 Å². The molecule has 7 rings (SSSR count). The number of nitrogens with zero attached hydrogens (tertiary/aromatic N) is 4. The van der Waals surface area contributed by atoms with Gasteiger partial charge in [-0.3, -0.25) is 14.7 Å². The molecule has 3 aliphatic heterocycles. The minimum absolute atomic E-state index is 0.129. The highest BCUT2D eigenvalue weighted by molar-refractivity contribution is 5.95. The number of aliphatic hydroxyl groups excluding tert-OH is 3. The first-order valence-corrected chi connectivity index (χ1v) is 16.1. The normalized spacial score (nSPS) is 25.8. The fourth-order valence-corrected chi connectivity index (χ4v) is 7.15. The van der Waals surface area contributed by atoms with Crippen LogP contribution in [0.2, 0.25) is 0 Å². The smallest absolute Gasteiger partial charge is 0.335 e. The first-order chi connectivity index (χ1) is 23.2. The zero-order valence-corrected chi connectivity index (χ0v) is 26.4. The van der Waals surface area contributed by atoms with Gasteiger partial charge in [0.25, 0.3) is 0 Å².